The molecule has 0 unspecified atom stereocenters. The van der Waals surface area contributed by atoms with Gasteiger partial charge in [-0.1, -0.05) is 24.3 Å². The Morgan fingerprint density at radius 2 is 1.88 bits per heavy atom. The minimum atomic E-state index is -0.608. The summed E-state index contributed by atoms with van der Waals surface area (Å²) in [6.07, 6.45) is 1.60. The summed E-state index contributed by atoms with van der Waals surface area (Å²) in [4.78, 5) is 22.5. The number of carbonyl (C=O) groups is 1. The lowest BCUT2D eigenvalue weighted by atomic mass is 10.2. The lowest BCUT2D eigenvalue weighted by Crippen LogP contribution is -2.31. The minimum absolute atomic E-state index is 0.156. The summed E-state index contributed by atoms with van der Waals surface area (Å²) in [6.45, 7) is 2.57. The fourth-order valence-corrected chi connectivity index (χ4v) is 3.70. The van der Waals surface area contributed by atoms with Gasteiger partial charge in [0.25, 0.3) is 0 Å². The maximum Gasteiger partial charge on any atom is 0.323 e. The largest absolute Gasteiger partial charge is 0.439 e. The highest BCUT2D eigenvalue weighted by Crippen LogP contribution is 2.32. The molecular formula is C23H20N8O3. The van der Waals surface area contributed by atoms with Crippen LogP contribution in [0.1, 0.15) is 6.92 Å². The first kappa shape index (κ1) is 20.9. The van der Waals surface area contributed by atoms with Crippen LogP contribution in [0.3, 0.4) is 0 Å². The number of fused-ring (bicyclic) bond motifs is 1. The molecule has 170 valence electrons. The van der Waals surface area contributed by atoms with E-state index in [1.165, 1.54) is 4.90 Å². The van der Waals surface area contributed by atoms with Crippen LogP contribution in [0.2, 0.25) is 0 Å². The van der Waals surface area contributed by atoms with Crippen LogP contribution in [0.25, 0.3) is 22.6 Å². The number of anilines is 3. The van der Waals surface area contributed by atoms with Gasteiger partial charge in [0.05, 0.1) is 23.1 Å². The van der Waals surface area contributed by atoms with E-state index in [0.717, 1.165) is 5.52 Å². The summed E-state index contributed by atoms with van der Waals surface area (Å²) in [7, 11) is 0. The van der Waals surface area contributed by atoms with Gasteiger partial charge < -0.3 is 20.8 Å². The molecule has 5 rings (SSSR count). The van der Waals surface area contributed by atoms with E-state index in [0.29, 0.717) is 46.6 Å². The molecule has 0 bridgehead atoms. The Morgan fingerprint density at radius 3 is 2.59 bits per heavy atom. The van der Waals surface area contributed by atoms with Crippen LogP contribution in [0, 0.1) is 0 Å². The number of nitrogens with two attached hydrogens (primary N) is 2. The Morgan fingerprint density at radius 1 is 1.09 bits per heavy atom. The van der Waals surface area contributed by atoms with Gasteiger partial charge in [-0.2, -0.15) is 0 Å². The fourth-order valence-electron chi connectivity index (χ4n) is 3.70. The standard InChI is InChI=1S/C23H20N8O3/c1-2-30-18-12-19(26-13-17(18)27-22(30)20-21(24)29-34-28-20)33-16-10-6-9-15(11-16)31(23(25)32)14-7-4-3-5-8-14/h3-13H,2H2,1H3,(H2,24,29)(H2,25,32). The van der Waals surface area contributed by atoms with Crippen molar-refractivity contribution in [3.8, 4) is 23.1 Å². The van der Waals surface area contributed by atoms with Crippen molar-refractivity contribution in [2.24, 2.45) is 5.73 Å². The van der Waals surface area contributed by atoms with Gasteiger partial charge in [0.1, 0.15) is 11.3 Å². The summed E-state index contributed by atoms with van der Waals surface area (Å²) in [6, 6.07) is 17.3. The molecule has 0 spiro atoms. The number of carbonyl (C=O) groups excluding carboxylic acids is 1. The van der Waals surface area contributed by atoms with Crippen LogP contribution < -0.4 is 21.1 Å². The summed E-state index contributed by atoms with van der Waals surface area (Å²) >= 11 is 0. The number of hydrogen-bond acceptors (Lipinski definition) is 8. The first-order valence-corrected chi connectivity index (χ1v) is 10.4. The number of nitrogens with zero attached hydrogens (tertiary/aromatic N) is 6. The van der Waals surface area contributed by atoms with E-state index in [4.69, 9.17) is 20.8 Å². The molecule has 0 aliphatic heterocycles. The monoisotopic (exact) mass is 456 g/mol. The van der Waals surface area contributed by atoms with Crippen molar-refractivity contribution in [2.75, 3.05) is 10.6 Å². The quantitative estimate of drug-likeness (QED) is 0.387. The maximum absolute atomic E-state index is 12.2. The Labute approximate surface area is 193 Å². The summed E-state index contributed by atoms with van der Waals surface area (Å²) in [5, 5.41) is 7.49. The van der Waals surface area contributed by atoms with Crippen LogP contribution in [0.5, 0.6) is 11.6 Å². The number of primary amides is 1. The number of amides is 2. The molecule has 0 saturated carbocycles. The van der Waals surface area contributed by atoms with E-state index >= 15 is 0 Å². The molecule has 2 amide bonds. The van der Waals surface area contributed by atoms with E-state index < -0.39 is 6.03 Å². The van der Waals surface area contributed by atoms with Gasteiger partial charge in [-0.15, -0.1) is 0 Å². The van der Waals surface area contributed by atoms with Crippen molar-refractivity contribution in [1.82, 2.24) is 24.8 Å². The van der Waals surface area contributed by atoms with Crippen LogP contribution in [0.4, 0.5) is 22.0 Å². The smallest absolute Gasteiger partial charge is 0.323 e. The van der Waals surface area contributed by atoms with E-state index in [1.807, 2.05) is 29.7 Å². The first-order valence-electron chi connectivity index (χ1n) is 10.4. The number of urea groups is 1. The average molecular weight is 456 g/mol. The van der Waals surface area contributed by atoms with Crippen LogP contribution in [-0.2, 0) is 6.54 Å². The van der Waals surface area contributed by atoms with Gasteiger partial charge >= 0.3 is 6.03 Å². The lowest BCUT2D eigenvalue weighted by Gasteiger charge is -2.21. The number of para-hydroxylation sites is 1. The van der Waals surface area contributed by atoms with Crippen LogP contribution >= 0.6 is 0 Å². The molecule has 0 atom stereocenters. The number of ether oxygens (including phenoxy) is 1. The van der Waals surface area contributed by atoms with E-state index in [1.54, 1.807) is 48.7 Å². The zero-order valence-corrected chi connectivity index (χ0v) is 18.1. The SMILES string of the molecule is CCn1c(-c2nonc2N)nc2cnc(Oc3cccc(N(C(N)=O)c4ccccc4)c3)cc21. The van der Waals surface area contributed by atoms with E-state index in [2.05, 4.69) is 20.3 Å². The van der Waals surface area contributed by atoms with Gasteiger partial charge in [-0.25, -0.2) is 19.4 Å². The summed E-state index contributed by atoms with van der Waals surface area (Å²) < 4.78 is 12.7. The molecule has 11 nitrogen and oxygen atoms in total. The molecule has 0 saturated heterocycles. The van der Waals surface area contributed by atoms with Crippen molar-refractivity contribution < 1.29 is 14.2 Å². The number of imidazole rings is 1. The highest BCUT2D eigenvalue weighted by molar-refractivity contribution is 5.98. The lowest BCUT2D eigenvalue weighted by molar-refractivity contribution is 0.256. The highest BCUT2D eigenvalue weighted by Gasteiger charge is 2.20. The number of nitrogen functional groups attached to an aromatic ring is 1. The molecular weight excluding hydrogens is 436 g/mol. The van der Waals surface area contributed by atoms with Gasteiger partial charge in [0.2, 0.25) is 5.88 Å². The predicted octanol–water partition coefficient (Wildman–Crippen LogP) is 4.09. The number of benzene rings is 2. The zero-order chi connectivity index (χ0) is 23.7. The van der Waals surface area contributed by atoms with Crippen molar-refractivity contribution in [3.05, 3.63) is 66.9 Å². The van der Waals surface area contributed by atoms with Crippen molar-refractivity contribution in [3.63, 3.8) is 0 Å². The zero-order valence-electron chi connectivity index (χ0n) is 18.1. The van der Waals surface area contributed by atoms with Crippen LogP contribution in [0.15, 0.2) is 71.5 Å². The normalized spacial score (nSPS) is 11.0. The molecule has 2 aromatic carbocycles. The molecule has 5 aromatic rings. The van der Waals surface area contributed by atoms with Gasteiger partial charge in [0, 0.05) is 18.7 Å². The number of aryl methyl sites for hydroxylation is 1. The molecule has 0 radical (unpaired) electrons. The topological polar surface area (TPSA) is 151 Å². The molecule has 3 heterocycles. The van der Waals surface area contributed by atoms with Crippen molar-refractivity contribution >= 4 is 34.3 Å². The van der Waals surface area contributed by atoms with E-state index in [9.17, 15) is 4.79 Å². The molecule has 0 fully saturated rings. The molecule has 11 heteroatoms. The number of rotatable bonds is 6. The molecule has 0 aliphatic rings. The van der Waals surface area contributed by atoms with Gasteiger partial charge in [0.15, 0.2) is 17.3 Å². The third-order valence-electron chi connectivity index (χ3n) is 5.18. The average Bonchev–Trinajstić information content (AvgIpc) is 3.42. The number of hydrogen-bond donors (Lipinski definition) is 2. The molecule has 0 aliphatic carbocycles. The Hall–Kier alpha value is -4.93. The van der Waals surface area contributed by atoms with Crippen molar-refractivity contribution in [1.29, 1.82) is 0 Å². The highest BCUT2D eigenvalue weighted by atomic mass is 16.6. The second-order valence-electron chi connectivity index (χ2n) is 7.30. The second kappa shape index (κ2) is 8.54. The Bertz CT molecular complexity index is 1480. The molecule has 34 heavy (non-hydrogen) atoms. The van der Waals surface area contributed by atoms with Crippen LogP contribution in [-0.4, -0.2) is 30.9 Å². The predicted molar refractivity (Wildman–Crippen MR) is 126 cm³/mol. The van der Waals surface area contributed by atoms with Gasteiger partial charge in [-0.05, 0) is 41.5 Å². The Balaban J connectivity index is 1.49. The first-order chi connectivity index (χ1) is 16.5. The second-order valence-corrected chi connectivity index (χ2v) is 7.30. The minimum Gasteiger partial charge on any atom is -0.439 e. The number of pyridine rings is 1. The summed E-state index contributed by atoms with van der Waals surface area (Å²) in [5.74, 6) is 1.52. The Kier molecular flexibility index (Phi) is 5.26. The molecule has 3 aromatic heterocycles. The number of aromatic nitrogens is 5. The summed E-state index contributed by atoms with van der Waals surface area (Å²) in [5.41, 5.74) is 14.5. The third-order valence-corrected chi connectivity index (χ3v) is 5.18. The fraction of sp³-hybridized carbons (Fsp3) is 0.0870. The van der Waals surface area contributed by atoms with Gasteiger partial charge in [-0.3, -0.25) is 4.90 Å². The molecule has 4 N–H and O–H groups in total. The third kappa shape index (κ3) is 3.75. The van der Waals surface area contributed by atoms with E-state index in [-0.39, 0.29) is 5.82 Å². The van der Waals surface area contributed by atoms with Crippen molar-refractivity contribution in [2.45, 2.75) is 13.5 Å². The maximum atomic E-state index is 12.2.